The lowest BCUT2D eigenvalue weighted by Gasteiger charge is -2.10. The van der Waals surface area contributed by atoms with Gasteiger partial charge in [0.1, 0.15) is 17.1 Å². The van der Waals surface area contributed by atoms with Gasteiger partial charge in [-0.15, -0.1) is 0 Å². The van der Waals surface area contributed by atoms with Gasteiger partial charge in [-0.25, -0.2) is 4.79 Å². The Bertz CT molecular complexity index is 630. The summed E-state index contributed by atoms with van der Waals surface area (Å²) in [5.41, 5.74) is 2.30. The van der Waals surface area contributed by atoms with Crippen LogP contribution in [0, 0.1) is 6.92 Å². The van der Waals surface area contributed by atoms with Crippen molar-refractivity contribution in [2.75, 3.05) is 0 Å². The largest absolute Gasteiger partial charge is 0.508 e. The number of phenolic OH excluding ortho intramolecular Hbond substituents is 1. The van der Waals surface area contributed by atoms with Gasteiger partial charge in [-0.2, -0.15) is 0 Å². The molecule has 4 heteroatoms. The number of hydrogen-bond acceptors (Lipinski definition) is 3. The maximum absolute atomic E-state index is 11.0. The van der Waals surface area contributed by atoms with Crippen molar-refractivity contribution in [3.05, 3.63) is 58.7 Å². The van der Waals surface area contributed by atoms with Crippen LogP contribution in [0.2, 0.25) is 0 Å². The first-order chi connectivity index (χ1) is 9.49. The van der Waals surface area contributed by atoms with E-state index in [0.29, 0.717) is 12.8 Å². The fourth-order valence-corrected chi connectivity index (χ4v) is 2.07. The molecule has 0 aliphatic heterocycles. The number of rotatable bonds is 4. The van der Waals surface area contributed by atoms with Crippen molar-refractivity contribution in [2.24, 2.45) is 0 Å². The molecule has 0 unspecified atom stereocenters. The summed E-state index contributed by atoms with van der Waals surface area (Å²) < 4.78 is 0. The molecule has 0 saturated carbocycles. The molecular weight excluding hydrogens is 256 g/mol. The van der Waals surface area contributed by atoms with E-state index in [1.54, 1.807) is 0 Å². The lowest BCUT2D eigenvalue weighted by molar-refractivity contribution is 0.0693. The first-order valence-corrected chi connectivity index (χ1v) is 6.31. The van der Waals surface area contributed by atoms with Crippen molar-refractivity contribution in [1.82, 2.24) is 0 Å². The molecule has 2 aromatic carbocycles. The molecule has 0 fully saturated rings. The summed E-state index contributed by atoms with van der Waals surface area (Å²) in [7, 11) is 0. The van der Waals surface area contributed by atoms with E-state index < -0.39 is 5.97 Å². The summed E-state index contributed by atoms with van der Waals surface area (Å²) in [6, 6.07) is 10.4. The molecule has 0 radical (unpaired) electrons. The van der Waals surface area contributed by atoms with Crippen LogP contribution in [0.15, 0.2) is 36.4 Å². The van der Waals surface area contributed by atoms with E-state index in [0.717, 1.165) is 11.1 Å². The molecule has 2 rings (SSSR count). The number of benzene rings is 2. The summed E-state index contributed by atoms with van der Waals surface area (Å²) >= 11 is 0. The molecule has 20 heavy (non-hydrogen) atoms. The maximum atomic E-state index is 11.0. The third kappa shape index (κ3) is 2.91. The number of aromatic carboxylic acids is 1. The quantitative estimate of drug-likeness (QED) is 0.799. The van der Waals surface area contributed by atoms with Gasteiger partial charge in [-0.1, -0.05) is 29.8 Å². The molecule has 0 heterocycles. The average molecular weight is 272 g/mol. The second-order valence-electron chi connectivity index (χ2n) is 4.75. The van der Waals surface area contributed by atoms with Crippen LogP contribution in [0.5, 0.6) is 11.5 Å². The number of carbonyl (C=O) groups is 1. The standard InChI is InChI=1S/C16H16O4/c1-10-2-4-11(5-3-10)6-7-12-14(17)9-8-13(15(12)18)16(19)20/h2-5,8-9,17-18H,6-7H2,1H3,(H,19,20). The lowest BCUT2D eigenvalue weighted by Crippen LogP contribution is -2.00. The summed E-state index contributed by atoms with van der Waals surface area (Å²) in [5, 5.41) is 28.6. The summed E-state index contributed by atoms with van der Waals surface area (Å²) in [6.07, 6.45) is 0.992. The van der Waals surface area contributed by atoms with Crippen molar-refractivity contribution in [2.45, 2.75) is 19.8 Å². The van der Waals surface area contributed by atoms with E-state index in [1.807, 2.05) is 31.2 Å². The predicted octanol–water partition coefficient (Wildman–Crippen LogP) is 2.89. The van der Waals surface area contributed by atoms with E-state index in [1.165, 1.54) is 12.1 Å². The molecule has 0 amide bonds. The molecule has 0 saturated heterocycles. The van der Waals surface area contributed by atoms with Crippen molar-refractivity contribution in [3.8, 4) is 11.5 Å². The van der Waals surface area contributed by atoms with Crippen LogP contribution < -0.4 is 0 Å². The molecule has 0 aliphatic rings. The monoisotopic (exact) mass is 272 g/mol. The van der Waals surface area contributed by atoms with Gasteiger partial charge in [0.25, 0.3) is 0 Å². The zero-order valence-electron chi connectivity index (χ0n) is 11.1. The van der Waals surface area contributed by atoms with Crippen LogP contribution in [0.1, 0.15) is 27.0 Å². The third-order valence-corrected chi connectivity index (χ3v) is 3.27. The Hall–Kier alpha value is -2.49. The first kappa shape index (κ1) is 13.9. The van der Waals surface area contributed by atoms with Crippen LogP contribution in [0.25, 0.3) is 0 Å². The predicted molar refractivity (Wildman–Crippen MR) is 75.3 cm³/mol. The fraction of sp³-hybridized carbons (Fsp3) is 0.188. The summed E-state index contributed by atoms with van der Waals surface area (Å²) in [6.45, 7) is 2.00. The Labute approximate surface area is 116 Å². The molecule has 0 aromatic heterocycles. The molecule has 0 atom stereocenters. The minimum absolute atomic E-state index is 0.0837. The Morgan fingerprint density at radius 2 is 1.65 bits per heavy atom. The van der Waals surface area contributed by atoms with E-state index in [4.69, 9.17) is 5.11 Å². The Kier molecular flexibility index (Phi) is 3.94. The number of aryl methyl sites for hydroxylation is 2. The van der Waals surface area contributed by atoms with Crippen molar-refractivity contribution in [1.29, 1.82) is 0 Å². The van der Waals surface area contributed by atoms with Crippen LogP contribution >= 0.6 is 0 Å². The maximum Gasteiger partial charge on any atom is 0.339 e. The highest BCUT2D eigenvalue weighted by molar-refractivity contribution is 5.91. The van der Waals surface area contributed by atoms with Crippen LogP contribution in [0.3, 0.4) is 0 Å². The minimum atomic E-state index is -1.21. The van der Waals surface area contributed by atoms with Gasteiger partial charge < -0.3 is 15.3 Å². The minimum Gasteiger partial charge on any atom is -0.508 e. The normalized spacial score (nSPS) is 10.4. The van der Waals surface area contributed by atoms with Gasteiger partial charge in [-0.05, 0) is 37.5 Å². The number of phenols is 2. The first-order valence-electron chi connectivity index (χ1n) is 6.31. The molecule has 0 bridgehead atoms. The number of hydrogen-bond donors (Lipinski definition) is 3. The third-order valence-electron chi connectivity index (χ3n) is 3.27. The van der Waals surface area contributed by atoms with Crippen LogP contribution in [-0.4, -0.2) is 21.3 Å². The van der Waals surface area contributed by atoms with Crippen LogP contribution in [0.4, 0.5) is 0 Å². The van der Waals surface area contributed by atoms with E-state index in [2.05, 4.69) is 0 Å². The average Bonchev–Trinajstić information content (AvgIpc) is 2.40. The van der Waals surface area contributed by atoms with E-state index in [9.17, 15) is 15.0 Å². The van der Waals surface area contributed by atoms with E-state index in [-0.39, 0.29) is 22.6 Å². The van der Waals surface area contributed by atoms with Gasteiger partial charge in [0.2, 0.25) is 0 Å². The summed E-state index contributed by atoms with van der Waals surface area (Å²) in [5.74, 6) is -1.65. The molecule has 104 valence electrons. The van der Waals surface area contributed by atoms with Gasteiger partial charge in [0, 0.05) is 5.56 Å². The zero-order chi connectivity index (χ0) is 14.7. The highest BCUT2D eigenvalue weighted by Crippen LogP contribution is 2.31. The molecule has 0 spiro atoms. The molecular formula is C16H16O4. The van der Waals surface area contributed by atoms with Crippen LogP contribution in [-0.2, 0) is 12.8 Å². The highest BCUT2D eigenvalue weighted by Gasteiger charge is 2.16. The van der Waals surface area contributed by atoms with Crippen molar-refractivity contribution >= 4 is 5.97 Å². The van der Waals surface area contributed by atoms with Gasteiger partial charge in [0.05, 0.1) is 0 Å². The molecule has 0 aliphatic carbocycles. The number of aromatic hydroxyl groups is 2. The smallest absolute Gasteiger partial charge is 0.339 e. The van der Waals surface area contributed by atoms with Gasteiger partial charge in [0.15, 0.2) is 0 Å². The Morgan fingerprint density at radius 1 is 1.00 bits per heavy atom. The highest BCUT2D eigenvalue weighted by atomic mass is 16.4. The second kappa shape index (κ2) is 5.65. The van der Waals surface area contributed by atoms with E-state index >= 15 is 0 Å². The van der Waals surface area contributed by atoms with Gasteiger partial charge >= 0.3 is 5.97 Å². The molecule has 2 aromatic rings. The van der Waals surface area contributed by atoms with Crippen molar-refractivity contribution < 1.29 is 20.1 Å². The fourth-order valence-electron chi connectivity index (χ4n) is 2.07. The molecule has 4 nitrogen and oxygen atoms in total. The Morgan fingerprint density at radius 3 is 2.25 bits per heavy atom. The number of carboxylic acid groups (broad SMARTS) is 1. The number of carboxylic acids is 1. The SMILES string of the molecule is Cc1ccc(CCc2c(O)ccc(C(=O)O)c2O)cc1. The van der Waals surface area contributed by atoms with Crippen molar-refractivity contribution in [3.63, 3.8) is 0 Å². The van der Waals surface area contributed by atoms with Gasteiger partial charge in [-0.3, -0.25) is 0 Å². The second-order valence-corrected chi connectivity index (χ2v) is 4.75. The molecule has 3 N–H and O–H groups in total. The zero-order valence-corrected chi connectivity index (χ0v) is 11.1. The Balaban J connectivity index is 2.22. The topological polar surface area (TPSA) is 77.8 Å². The summed E-state index contributed by atoms with van der Waals surface area (Å²) in [4.78, 5) is 11.0. The lowest BCUT2D eigenvalue weighted by atomic mass is 9.99.